The second kappa shape index (κ2) is 8.07. The Bertz CT molecular complexity index is 548. The Morgan fingerprint density at radius 2 is 2.04 bits per heavy atom. The molecule has 0 unspecified atom stereocenters. The van der Waals surface area contributed by atoms with E-state index in [-0.39, 0.29) is 24.5 Å². The van der Waals surface area contributed by atoms with E-state index >= 15 is 0 Å². The third kappa shape index (κ3) is 3.78. The van der Waals surface area contributed by atoms with Gasteiger partial charge in [-0.1, -0.05) is 19.3 Å². The second-order valence-corrected chi connectivity index (χ2v) is 6.99. The normalized spacial score (nSPS) is 24.6. The molecule has 1 aromatic rings. The molecule has 2 saturated carbocycles. The lowest BCUT2D eigenvalue weighted by Gasteiger charge is -2.36. The fourth-order valence-corrected chi connectivity index (χ4v) is 3.82. The average molecular weight is 336 g/mol. The van der Waals surface area contributed by atoms with Crippen molar-refractivity contribution in [3.05, 3.63) is 11.6 Å². The highest BCUT2D eigenvalue weighted by Gasteiger charge is 2.36. The number of carbonyl (C=O) groups is 1. The number of methoxy groups -OCH3 is 1. The number of hydrogen-bond donors (Lipinski definition) is 2. The van der Waals surface area contributed by atoms with Gasteiger partial charge >= 0.3 is 0 Å². The maximum atomic E-state index is 12.3. The SMILES string of the molecule is COCCn1c(CO)nnc1C1CC(NC(=O)C2CCCCC2)C1. The standard InChI is InChI=1S/C17H28N4O3/c1-24-8-7-21-15(11-22)19-20-16(21)13-9-14(10-13)18-17(23)12-5-3-2-4-6-12/h12-14,22H,2-11H2,1H3,(H,18,23). The van der Waals surface area contributed by atoms with Crippen LogP contribution in [0.2, 0.25) is 0 Å². The van der Waals surface area contributed by atoms with Gasteiger partial charge in [-0.3, -0.25) is 4.79 Å². The van der Waals surface area contributed by atoms with Crippen molar-refractivity contribution < 1.29 is 14.6 Å². The number of nitrogens with zero attached hydrogens (tertiary/aromatic N) is 3. The topological polar surface area (TPSA) is 89.3 Å². The third-order valence-corrected chi connectivity index (χ3v) is 5.34. The van der Waals surface area contributed by atoms with Gasteiger partial charge in [0.05, 0.1) is 6.61 Å². The maximum absolute atomic E-state index is 12.3. The molecule has 0 radical (unpaired) electrons. The van der Waals surface area contributed by atoms with Crippen molar-refractivity contribution in [2.45, 2.75) is 70.1 Å². The average Bonchev–Trinajstić information content (AvgIpc) is 2.98. The molecule has 2 fully saturated rings. The van der Waals surface area contributed by atoms with E-state index in [0.29, 0.717) is 24.9 Å². The van der Waals surface area contributed by atoms with Crippen molar-refractivity contribution in [3.63, 3.8) is 0 Å². The molecule has 0 atom stereocenters. The molecule has 2 aliphatic rings. The van der Waals surface area contributed by atoms with Gasteiger partial charge in [0.15, 0.2) is 5.82 Å². The van der Waals surface area contributed by atoms with Gasteiger partial charge < -0.3 is 19.7 Å². The van der Waals surface area contributed by atoms with Crippen LogP contribution in [0.4, 0.5) is 0 Å². The summed E-state index contributed by atoms with van der Waals surface area (Å²) in [5, 5.41) is 20.9. The monoisotopic (exact) mass is 336 g/mol. The highest BCUT2D eigenvalue weighted by Crippen LogP contribution is 2.36. The molecule has 3 rings (SSSR count). The van der Waals surface area contributed by atoms with Crippen LogP contribution in [-0.2, 0) is 22.7 Å². The van der Waals surface area contributed by atoms with Crippen molar-refractivity contribution in [2.24, 2.45) is 5.92 Å². The molecular formula is C17H28N4O3. The van der Waals surface area contributed by atoms with Crippen molar-refractivity contribution in [2.75, 3.05) is 13.7 Å². The van der Waals surface area contributed by atoms with Gasteiger partial charge in [-0.05, 0) is 25.7 Å². The highest BCUT2D eigenvalue weighted by atomic mass is 16.5. The minimum absolute atomic E-state index is 0.120. The first kappa shape index (κ1) is 17.4. The zero-order valence-electron chi connectivity index (χ0n) is 14.4. The number of ether oxygens (including phenoxy) is 1. The summed E-state index contributed by atoms with van der Waals surface area (Å²) in [4.78, 5) is 12.3. The summed E-state index contributed by atoms with van der Waals surface area (Å²) < 4.78 is 7.08. The molecule has 7 nitrogen and oxygen atoms in total. The third-order valence-electron chi connectivity index (χ3n) is 5.34. The van der Waals surface area contributed by atoms with Gasteiger partial charge in [0, 0.05) is 31.5 Å². The van der Waals surface area contributed by atoms with Gasteiger partial charge in [0.25, 0.3) is 0 Å². The van der Waals surface area contributed by atoms with Crippen molar-refractivity contribution >= 4 is 5.91 Å². The maximum Gasteiger partial charge on any atom is 0.223 e. The Labute approximate surface area is 142 Å². The van der Waals surface area contributed by atoms with E-state index in [9.17, 15) is 9.90 Å². The molecule has 0 bridgehead atoms. The first-order chi connectivity index (χ1) is 11.7. The van der Waals surface area contributed by atoms with Gasteiger partial charge in [0.2, 0.25) is 5.91 Å². The molecule has 0 aliphatic heterocycles. The van der Waals surface area contributed by atoms with Crippen LogP contribution < -0.4 is 5.32 Å². The number of amides is 1. The minimum Gasteiger partial charge on any atom is -0.388 e. The number of aliphatic hydroxyl groups excluding tert-OH is 1. The number of rotatable bonds is 7. The minimum atomic E-state index is -0.120. The first-order valence-electron chi connectivity index (χ1n) is 9.05. The fourth-order valence-electron chi connectivity index (χ4n) is 3.82. The molecule has 0 saturated heterocycles. The lowest BCUT2D eigenvalue weighted by molar-refractivity contribution is -0.127. The molecule has 1 aromatic heterocycles. The summed E-state index contributed by atoms with van der Waals surface area (Å²) in [5.41, 5.74) is 0. The summed E-state index contributed by atoms with van der Waals surface area (Å²) in [6, 6.07) is 0.245. The van der Waals surface area contributed by atoms with Crippen molar-refractivity contribution in [3.8, 4) is 0 Å². The molecule has 2 aliphatic carbocycles. The summed E-state index contributed by atoms with van der Waals surface area (Å²) in [7, 11) is 1.66. The Morgan fingerprint density at radius 1 is 1.29 bits per heavy atom. The van der Waals surface area contributed by atoms with Gasteiger partial charge in [-0.2, -0.15) is 0 Å². The van der Waals surface area contributed by atoms with Crippen LogP contribution in [0.3, 0.4) is 0 Å². The zero-order chi connectivity index (χ0) is 16.9. The van der Waals surface area contributed by atoms with E-state index < -0.39 is 0 Å². The molecular weight excluding hydrogens is 308 g/mol. The fraction of sp³-hybridized carbons (Fsp3) is 0.824. The van der Waals surface area contributed by atoms with E-state index in [1.165, 1.54) is 19.3 Å². The summed E-state index contributed by atoms with van der Waals surface area (Å²) >= 11 is 0. The van der Waals surface area contributed by atoms with E-state index in [1.54, 1.807) is 7.11 Å². The molecule has 1 heterocycles. The van der Waals surface area contributed by atoms with Gasteiger partial charge in [0.1, 0.15) is 12.4 Å². The van der Waals surface area contributed by atoms with Gasteiger partial charge in [-0.15, -0.1) is 10.2 Å². The molecule has 2 N–H and O–H groups in total. The lowest BCUT2D eigenvalue weighted by atomic mass is 9.79. The summed E-state index contributed by atoms with van der Waals surface area (Å²) in [6.07, 6.45) is 7.49. The van der Waals surface area contributed by atoms with Crippen molar-refractivity contribution in [1.29, 1.82) is 0 Å². The van der Waals surface area contributed by atoms with E-state index in [1.807, 2.05) is 4.57 Å². The van der Waals surface area contributed by atoms with Gasteiger partial charge in [-0.25, -0.2) is 0 Å². The van der Waals surface area contributed by atoms with Crippen LogP contribution in [0.25, 0.3) is 0 Å². The molecule has 134 valence electrons. The zero-order valence-corrected chi connectivity index (χ0v) is 14.4. The molecule has 0 aromatic carbocycles. The second-order valence-electron chi connectivity index (χ2n) is 6.99. The van der Waals surface area contributed by atoms with Crippen LogP contribution in [0.15, 0.2) is 0 Å². The predicted molar refractivity (Wildman–Crippen MR) is 88.3 cm³/mol. The summed E-state index contributed by atoms with van der Waals surface area (Å²) in [5.74, 6) is 2.22. The Kier molecular flexibility index (Phi) is 5.84. The molecule has 1 amide bonds. The number of hydrogen-bond acceptors (Lipinski definition) is 5. The number of aromatic nitrogens is 3. The van der Waals surface area contributed by atoms with E-state index in [2.05, 4.69) is 15.5 Å². The number of carbonyl (C=O) groups excluding carboxylic acids is 1. The molecule has 7 heteroatoms. The van der Waals surface area contributed by atoms with Crippen LogP contribution in [0, 0.1) is 5.92 Å². The Balaban J connectivity index is 1.52. The van der Waals surface area contributed by atoms with Crippen LogP contribution >= 0.6 is 0 Å². The smallest absolute Gasteiger partial charge is 0.223 e. The lowest BCUT2D eigenvalue weighted by Crippen LogP contribution is -2.46. The van der Waals surface area contributed by atoms with Crippen molar-refractivity contribution in [1.82, 2.24) is 20.1 Å². The Morgan fingerprint density at radius 3 is 2.71 bits per heavy atom. The van der Waals surface area contributed by atoms with E-state index in [4.69, 9.17) is 4.74 Å². The molecule has 24 heavy (non-hydrogen) atoms. The highest BCUT2D eigenvalue weighted by molar-refractivity contribution is 5.79. The predicted octanol–water partition coefficient (Wildman–Crippen LogP) is 1.36. The molecule has 0 spiro atoms. The summed E-state index contributed by atoms with van der Waals surface area (Å²) in [6.45, 7) is 1.09. The Hall–Kier alpha value is -1.47. The van der Waals surface area contributed by atoms with Crippen LogP contribution in [-0.4, -0.2) is 45.5 Å². The number of aliphatic hydroxyl groups is 1. The largest absolute Gasteiger partial charge is 0.388 e. The van der Waals surface area contributed by atoms with Crippen LogP contribution in [0.5, 0.6) is 0 Å². The number of nitrogens with one attached hydrogen (secondary N) is 1. The van der Waals surface area contributed by atoms with E-state index in [0.717, 1.165) is 31.5 Å². The van der Waals surface area contributed by atoms with Crippen LogP contribution in [0.1, 0.15) is 62.5 Å². The quantitative estimate of drug-likeness (QED) is 0.785. The first-order valence-corrected chi connectivity index (χ1v) is 9.05.